The summed E-state index contributed by atoms with van der Waals surface area (Å²) >= 11 is 1.73. The maximum absolute atomic E-state index is 4.98. The Kier molecular flexibility index (Phi) is 7.23. The van der Waals surface area contributed by atoms with Crippen molar-refractivity contribution in [3.05, 3.63) is 11.1 Å². The third-order valence-electron chi connectivity index (χ3n) is 2.55. The second-order valence-electron chi connectivity index (χ2n) is 4.89. The largest absolute Gasteiger partial charge is 0.383 e. The molecule has 0 bridgehead atoms. The van der Waals surface area contributed by atoms with Gasteiger partial charge in [0.25, 0.3) is 0 Å². The van der Waals surface area contributed by atoms with E-state index in [1.54, 1.807) is 18.4 Å². The lowest BCUT2D eigenvalue weighted by molar-refractivity contribution is 0.199. The van der Waals surface area contributed by atoms with E-state index in [9.17, 15) is 0 Å². The topological polar surface area (TPSA) is 37.4 Å². The fraction of sp³-hybridized carbons (Fsp3) is 0.769. The zero-order chi connectivity index (χ0) is 13.4. The van der Waals surface area contributed by atoms with Crippen LogP contribution in [0.3, 0.4) is 0 Å². The molecule has 0 aliphatic rings. The minimum Gasteiger partial charge on any atom is -0.383 e. The minimum atomic E-state index is 0.665. The summed E-state index contributed by atoms with van der Waals surface area (Å²) in [5.41, 5.74) is 1.18. The smallest absolute Gasteiger partial charge is 0.185 e. The van der Waals surface area contributed by atoms with Crippen LogP contribution in [0.1, 0.15) is 19.5 Å². The summed E-state index contributed by atoms with van der Waals surface area (Å²) in [4.78, 5) is 6.89. The SMILES string of the molecule is COCCNCCc1csc(N(C)CC(C)C)n1. The summed E-state index contributed by atoms with van der Waals surface area (Å²) < 4.78 is 4.98. The van der Waals surface area contributed by atoms with Crippen LogP contribution < -0.4 is 10.2 Å². The van der Waals surface area contributed by atoms with E-state index in [1.807, 2.05) is 0 Å². The molecule has 0 saturated heterocycles. The van der Waals surface area contributed by atoms with Crippen LogP contribution >= 0.6 is 11.3 Å². The average Bonchev–Trinajstić information content (AvgIpc) is 2.77. The first kappa shape index (κ1) is 15.4. The van der Waals surface area contributed by atoms with Crippen LogP contribution in [0.25, 0.3) is 0 Å². The lowest BCUT2D eigenvalue weighted by Gasteiger charge is -2.17. The number of hydrogen-bond donors (Lipinski definition) is 1. The van der Waals surface area contributed by atoms with Gasteiger partial charge in [0, 0.05) is 45.6 Å². The quantitative estimate of drug-likeness (QED) is 0.697. The number of aromatic nitrogens is 1. The average molecular weight is 271 g/mol. The van der Waals surface area contributed by atoms with Crippen molar-refractivity contribution in [2.75, 3.05) is 45.3 Å². The molecule has 0 amide bonds. The Balaban J connectivity index is 2.29. The first-order chi connectivity index (χ1) is 8.63. The van der Waals surface area contributed by atoms with Crippen molar-refractivity contribution in [2.24, 2.45) is 5.92 Å². The molecule has 0 atom stereocenters. The van der Waals surface area contributed by atoms with Crippen molar-refractivity contribution >= 4 is 16.5 Å². The van der Waals surface area contributed by atoms with Crippen LogP contribution in [-0.2, 0) is 11.2 Å². The van der Waals surface area contributed by atoms with Gasteiger partial charge in [-0.1, -0.05) is 13.8 Å². The normalized spacial score (nSPS) is 11.2. The Morgan fingerprint density at radius 2 is 2.22 bits per heavy atom. The Morgan fingerprint density at radius 3 is 2.89 bits per heavy atom. The maximum atomic E-state index is 4.98. The molecule has 1 heterocycles. The lowest BCUT2D eigenvalue weighted by atomic mass is 10.2. The van der Waals surface area contributed by atoms with E-state index in [2.05, 4.69) is 41.5 Å². The first-order valence-corrected chi connectivity index (χ1v) is 7.36. The van der Waals surface area contributed by atoms with Gasteiger partial charge in [-0.3, -0.25) is 0 Å². The van der Waals surface area contributed by atoms with E-state index >= 15 is 0 Å². The number of hydrogen-bond acceptors (Lipinski definition) is 5. The van der Waals surface area contributed by atoms with Crippen molar-refractivity contribution in [1.29, 1.82) is 0 Å². The molecule has 0 aliphatic carbocycles. The molecule has 5 heteroatoms. The van der Waals surface area contributed by atoms with Crippen molar-refractivity contribution in [3.63, 3.8) is 0 Å². The zero-order valence-corrected chi connectivity index (χ0v) is 12.7. The van der Waals surface area contributed by atoms with Gasteiger partial charge in [0.1, 0.15) is 0 Å². The molecule has 0 saturated carbocycles. The van der Waals surface area contributed by atoms with Crippen molar-refractivity contribution in [1.82, 2.24) is 10.3 Å². The molecule has 104 valence electrons. The lowest BCUT2D eigenvalue weighted by Crippen LogP contribution is -2.23. The van der Waals surface area contributed by atoms with Gasteiger partial charge in [-0.15, -0.1) is 11.3 Å². The monoisotopic (exact) mass is 271 g/mol. The Labute approximate surface area is 114 Å². The fourth-order valence-electron chi connectivity index (χ4n) is 1.73. The molecule has 0 unspecified atom stereocenters. The highest BCUT2D eigenvalue weighted by Gasteiger charge is 2.08. The van der Waals surface area contributed by atoms with Gasteiger partial charge < -0.3 is 15.0 Å². The summed E-state index contributed by atoms with van der Waals surface area (Å²) in [6.45, 7) is 8.13. The molecule has 0 fully saturated rings. The predicted molar refractivity (Wildman–Crippen MR) is 78.7 cm³/mol. The summed E-state index contributed by atoms with van der Waals surface area (Å²) in [6, 6.07) is 0. The van der Waals surface area contributed by atoms with Gasteiger partial charge >= 0.3 is 0 Å². The molecule has 1 N–H and O–H groups in total. The van der Waals surface area contributed by atoms with E-state index in [4.69, 9.17) is 4.74 Å². The molecule has 0 radical (unpaired) electrons. The fourth-order valence-corrected chi connectivity index (χ4v) is 2.56. The van der Waals surface area contributed by atoms with Gasteiger partial charge in [-0.2, -0.15) is 0 Å². The number of ether oxygens (including phenoxy) is 1. The Hall–Kier alpha value is -0.650. The summed E-state index contributed by atoms with van der Waals surface area (Å²) in [6.07, 6.45) is 0.982. The molecule has 1 aromatic rings. The van der Waals surface area contributed by atoms with Crippen LogP contribution in [0.15, 0.2) is 5.38 Å². The first-order valence-electron chi connectivity index (χ1n) is 6.48. The second kappa shape index (κ2) is 8.45. The van der Waals surface area contributed by atoms with Gasteiger partial charge in [0.15, 0.2) is 5.13 Å². The second-order valence-corrected chi connectivity index (χ2v) is 5.73. The van der Waals surface area contributed by atoms with Crippen LogP contribution in [0.5, 0.6) is 0 Å². The van der Waals surface area contributed by atoms with E-state index < -0.39 is 0 Å². The van der Waals surface area contributed by atoms with Crippen LogP contribution in [-0.4, -0.2) is 45.4 Å². The third-order valence-corrected chi connectivity index (χ3v) is 3.55. The van der Waals surface area contributed by atoms with Crippen LogP contribution in [0.4, 0.5) is 5.13 Å². The number of nitrogens with one attached hydrogen (secondary N) is 1. The van der Waals surface area contributed by atoms with Gasteiger partial charge in [-0.25, -0.2) is 4.98 Å². The molecule has 18 heavy (non-hydrogen) atoms. The number of thiazole rings is 1. The number of rotatable bonds is 9. The highest BCUT2D eigenvalue weighted by molar-refractivity contribution is 7.13. The number of anilines is 1. The highest BCUT2D eigenvalue weighted by Crippen LogP contribution is 2.20. The molecule has 1 rings (SSSR count). The summed E-state index contributed by atoms with van der Waals surface area (Å²) in [5, 5.41) is 6.61. The van der Waals surface area contributed by atoms with Crippen LogP contribution in [0.2, 0.25) is 0 Å². The highest BCUT2D eigenvalue weighted by atomic mass is 32.1. The summed E-state index contributed by atoms with van der Waals surface area (Å²) in [5.74, 6) is 0.665. The summed E-state index contributed by atoms with van der Waals surface area (Å²) in [7, 11) is 3.83. The molecule has 0 aromatic carbocycles. The van der Waals surface area contributed by atoms with Gasteiger partial charge in [-0.05, 0) is 5.92 Å². The Morgan fingerprint density at radius 1 is 1.44 bits per heavy atom. The predicted octanol–water partition coefficient (Wildman–Crippen LogP) is 2.01. The standard InChI is InChI=1S/C13H25N3OS/c1-11(2)9-16(3)13-15-12(10-18-13)5-6-14-7-8-17-4/h10-11,14H,5-9H2,1-4H3. The van der Waals surface area contributed by atoms with E-state index in [0.29, 0.717) is 5.92 Å². The van der Waals surface area contributed by atoms with Crippen molar-refractivity contribution in [3.8, 4) is 0 Å². The van der Waals surface area contributed by atoms with Crippen molar-refractivity contribution in [2.45, 2.75) is 20.3 Å². The van der Waals surface area contributed by atoms with Crippen LogP contribution in [0, 0.1) is 5.92 Å². The molecule has 0 aliphatic heterocycles. The molecular formula is C13H25N3OS. The minimum absolute atomic E-state index is 0.665. The molecule has 0 spiro atoms. The number of methoxy groups -OCH3 is 1. The molecular weight excluding hydrogens is 246 g/mol. The van der Waals surface area contributed by atoms with Gasteiger partial charge in [0.2, 0.25) is 0 Å². The van der Waals surface area contributed by atoms with Gasteiger partial charge in [0.05, 0.1) is 12.3 Å². The van der Waals surface area contributed by atoms with E-state index in [1.165, 1.54) is 5.69 Å². The third kappa shape index (κ3) is 5.80. The molecule has 4 nitrogen and oxygen atoms in total. The molecule has 1 aromatic heterocycles. The van der Waals surface area contributed by atoms with E-state index in [-0.39, 0.29) is 0 Å². The maximum Gasteiger partial charge on any atom is 0.185 e. The number of nitrogens with zero attached hydrogens (tertiary/aromatic N) is 2. The zero-order valence-electron chi connectivity index (χ0n) is 11.9. The van der Waals surface area contributed by atoms with E-state index in [0.717, 1.165) is 37.8 Å². The van der Waals surface area contributed by atoms with Crippen molar-refractivity contribution < 1.29 is 4.74 Å². The Bertz CT molecular complexity index is 328.